The number of ether oxygens (including phenoxy) is 2. The number of hydrogen-bond acceptors (Lipinski definition) is 4. The van der Waals surface area contributed by atoms with Gasteiger partial charge in [0.2, 0.25) is 5.90 Å². The molecule has 4 rings (SSSR count). The molecule has 3 aromatic carbocycles. The first kappa shape index (κ1) is 18.3. The van der Waals surface area contributed by atoms with Gasteiger partial charge in [-0.15, -0.1) is 0 Å². The van der Waals surface area contributed by atoms with E-state index in [1.807, 2.05) is 78.9 Å². The van der Waals surface area contributed by atoms with Crippen molar-refractivity contribution in [2.75, 3.05) is 7.11 Å². The van der Waals surface area contributed by atoms with Crippen LogP contribution in [0.1, 0.15) is 22.6 Å². The highest BCUT2D eigenvalue weighted by Crippen LogP contribution is 2.35. The number of cyclic esters (lactones) is 1. The van der Waals surface area contributed by atoms with Gasteiger partial charge in [0.1, 0.15) is 5.75 Å². The average molecular weight is 392 g/mol. The van der Waals surface area contributed by atoms with E-state index >= 15 is 0 Å². The summed E-state index contributed by atoms with van der Waals surface area (Å²) < 4.78 is 10.8. The zero-order valence-corrected chi connectivity index (χ0v) is 16.0. The second-order valence-corrected chi connectivity index (χ2v) is 6.91. The highest BCUT2D eigenvalue weighted by Gasteiger charge is 2.38. The predicted octanol–water partition coefficient (Wildman–Crippen LogP) is 4.85. The Bertz CT molecular complexity index is 998. The summed E-state index contributed by atoms with van der Waals surface area (Å²) in [6.07, 6.45) is 0. The molecule has 5 heteroatoms. The van der Waals surface area contributed by atoms with Crippen LogP contribution in [0.25, 0.3) is 0 Å². The van der Waals surface area contributed by atoms with Gasteiger partial charge in [-0.3, -0.25) is 0 Å². The normalized spacial score (nSPS) is 17.0. The second-order valence-electron chi connectivity index (χ2n) is 6.47. The summed E-state index contributed by atoms with van der Waals surface area (Å²) in [6, 6.07) is 23.9. The summed E-state index contributed by atoms with van der Waals surface area (Å²) in [5, 5.41) is 0.639. The van der Waals surface area contributed by atoms with E-state index in [-0.39, 0.29) is 11.9 Å². The van der Waals surface area contributed by atoms with Crippen molar-refractivity contribution in [2.24, 2.45) is 4.99 Å². The van der Waals surface area contributed by atoms with Gasteiger partial charge in [0.25, 0.3) is 0 Å². The van der Waals surface area contributed by atoms with Gasteiger partial charge in [-0.25, -0.2) is 9.79 Å². The van der Waals surface area contributed by atoms with Crippen molar-refractivity contribution in [3.63, 3.8) is 0 Å². The lowest BCUT2D eigenvalue weighted by Crippen LogP contribution is -2.24. The number of aliphatic imine (C=N–C) groups is 1. The Balaban J connectivity index is 1.77. The lowest BCUT2D eigenvalue weighted by molar-refractivity contribution is -0.135. The van der Waals surface area contributed by atoms with Gasteiger partial charge >= 0.3 is 5.97 Å². The van der Waals surface area contributed by atoms with Crippen molar-refractivity contribution in [1.82, 2.24) is 0 Å². The minimum Gasteiger partial charge on any atom is -0.497 e. The molecule has 0 fully saturated rings. The van der Waals surface area contributed by atoms with Crippen LogP contribution in [0.15, 0.2) is 83.9 Å². The van der Waals surface area contributed by atoms with Crippen molar-refractivity contribution in [1.29, 1.82) is 0 Å². The number of carbonyl (C=O) groups is 1. The summed E-state index contributed by atoms with van der Waals surface area (Å²) in [5.41, 5.74) is 2.67. The number of benzene rings is 3. The molecule has 0 spiro atoms. The standard InChI is InChI=1S/C23H18ClNO3/c1-27-19-13-9-16(10-14-19)20(15-7-11-18(24)12-8-15)21-23(26)28-22(25-21)17-5-3-2-4-6-17/h2-14,20-21H,1H3. The van der Waals surface area contributed by atoms with E-state index in [1.54, 1.807) is 7.11 Å². The number of rotatable bonds is 5. The highest BCUT2D eigenvalue weighted by molar-refractivity contribution is 6.30. The van der Waals surface area contributed by atoms with Crippen molar-refractivity contribution in [2.45, 2.75) is 12.0 Å². The van der Waals surface area contributed by atoms with E-state index in [9.17, 15) is 4.79 Å². The molecule has 0 aliphatic carbocycles. The van der Waals surface area contributed by atoms with E-state index in [1.165, 1.54) is 0 Å². The Morgan fingerprint density at radius 2 is 1.54 bits per heavy atom. The Hall–Kier alpha value is -3.11. The minimum absolute atomic E-state index is 0.295. The lowest BCUT2D eigenvalue weighted by Gasteiger charge is -2.20. The molecule has 0 aromatic heterocycles. The maximum atomic E-state index is 12.7. The van der Waals surface area contributed by atoms with Gasteiger partial charge in [-0.2, -0.15) is 0 Å². The van der Waals surface area contributed by atoms with Crippen LogP contribution in [0.3, 0.4) is 0 Å². The van der Waals surface area contributed by atoms with Gasteiger partial charge in [0, 0.05) is 16.5 Å². The second kappa shape index (κ2) is 7.87. The minimum atomic E-state index is -0.676. The van der Waals surface area contributed by atoms with Crippen LogP contribution in [0.4, 0.5) is 0 Å². The van der Waals surface area contributed by atoms with Gasteiger partial charge in [-0.1, -0.05) is 54.1 Å². The number of nitrogens with zero attached hydrogens (tertiary/aromatic N) is 1. The van der Waals surface area contributed by atoms with Crippen LogP contribution in [0.5, 0.6) is 5.75 Å². The summed E-state index contributed by atoms with van der Waals surface area (Å²) in [5.74, 6) is 0.440. The number of carbonyl (C=O) groups excluding carboxylic acids is 1. The zero-order chi connectivity index (χ0) is 19.5. The maximum absolute atomic E-state index is 12.7. The number of hydrogen-bond donors (Lipinski definition) is 0. The first-order valence-corrected chi connectivity index (χ1v) is 9.28. The molecule has 3 aromatic rings. The number of halogens is 1. The molecule has 0 saturated heterocycles. The molecule has 2 unspecified atom stereocenters. The van der Waals surface area contributed by atoms with E-state index in [0.29, 0.717) is 10.9 Å². The van der Waals surface area contributed by atoms with Crippen LogP contribution >= 0.6 is 11.6 Å². The molecule has 0 bridgehead atoms. The Kier molecular flexibility index (Phi) is 5.13. The fourth-order valence-electron chi connectivity index (χ4n) is 3.32. The van der Waals surface area contributed by atoms with Crippen molar-refractivity contribution >= 4 is 23.5 Å². The molecule has 1 aliphatic heterocycles. The Morgan fingerprint density at radius 3 is 2.14 bits per heavy atom. The van der Waals surface area contributed by atoms with Crippen LogP contribution < -0.4 is 4.74 Å². The third kappa shape index (κ3) is 3.64. The molecule has 0 amide bonds. The van der Waals surface area contributed by atoms with E-state index in [2.05, 4.69) is 4.99 Å². The molecule has 0 N–H and O–H groups in total. The molecule has 28 heavy (non-hydrogen) atoms. The molecule has 1 aliphatic rings. The third-order valence-electron chi connectivity index (χ3n) is 4.74. The fourth-order valence-corrected chi connectivity index (χ4v) is 3.45. The molecular weight excluding hydrogens is 374 g/mol. The van der Waals surface area contributed by atoms with Crippen molar-refractivity contribution < 1.29 is 14.3 Å². The monoisotopic (exact) mass is 391 g/mol. The average Bonchev–Trinajstić information content (AvgIpc) is 3.12. The van der Waals surface area contributed by atoms with Gasteiger partial charge in [0.05, 0.1) is 7.11 Å². The number of methoxy groups -OCH3 is 1. The highest BCUT2D eigenvalue weighted by atomic mass is 35.5. The van der Waals surface area contributed by atoms with Gasteiger partial charge < -0.3 is 9.47 Å². The smallest absolute Gasteiger partial charge is 0.338 e. The zero-order valence-electron chi connectivity index (χ0n) is 15.2. The van der Waals surface area contributed by atoms with Crippen LogP contribution in [0.2, 0.25) is 5.02 Å². The number of esters is 1. The van der Waals surface area contributed by atoms with Crippen LogP contribution in [0, 0.1) is 0 Å². The summed E-state index contributed by atoms with van der Waals surface area (Å²) in [7, 11) is 1.62. The van der Waals surface area contributed by atoms with Gasteiger partial charge in [-0.05, 0) is 47.5 Å². The molecule has 0 radical (unpaired) electrons. The topological polar surface area (TPSA) is 47.9 Å². The summed E-state index contributed by atoms with van der Waals surface area (Å²) in [6.45, 7) is 0. The fraction of sp³-hybridized carbons (Fsp3) is 0.130. The quantitative estimate of drug-likeness (QED) is 0.584. The molecule has 4 nitrogen and oxygen atoms in total. The SMILES string of the molecule is COc1ccc(C(c2ccc(Cl)cc2)C2N=C(c3ccccc3)OC2=O)cc1. The van der Waals surface area contributed by atoms with Crippen LogP contribution in [-0.2, 0) is 9.53 Å². The van der Waals surface area contributed by atoms with Crippen LogP contribution in [-0.4, -0.2) is 25.0 Å². The van der Waals surface area contributed by atoms with E-state index < -0.39 is 6.04 Å². The maximum Gasteiger partial charge on any atom is 0.338 e. The van der Waals surface area contributed by atoms with Crippen molar-refractivity contribution in [3.8, 4) is 5.75 Å². The first-order valence-electron chi connectivity index (χ1n) is 8.90. The first-order chi connectivity index (χ1) is 13.7. The molecule has 2 atom stereocenters. The third-order valence-corrected chi connectivity index (χ3v) is 4.99. The van der Waals surface area contributed by atoms with Crippen molar-refractivity contribution in [3.05, 3.63) is 101 Å². The molecule has 0 saturated carbocycles. The molecule has 140 valence electrons. The lowest BCUT2D eigenvalue weighted by atomic mass is 9.85. The molecule has 1 heterocycles. The Labute approximate surface area is 168 Å². The van der Waals surface area contributed by atoms with E-state index in [0.717, 1.165) is 22.4 Å². The van der Waals surface area contributed by atoms with Gasteiger partial charge in [0.15, 0.2) is 6.04 Å². The molecular formula is C23H18ClNO3. The van der Waals surface area contributed by atoms with E-state index in [4.69, 9.17) is 21.1 Å². The predicted molar refractivity (Wildman–Crippen MR) is 109 cm³/mol. The summed E-state index contributed by atoms with van der Waals surface area (Å²) >= 11 is 6.06. The Morgan fingerprint density at radius 1 is 0.929 bits per heavy atom. The summed E-state index contributed by atoms with van der Waals surface area (Å²) in [4.78, 5) is 17.4. The largest absolute Gasteiger partial charge is 0.497 e.